The van der Waals surface area contributed by atoms with E-state index in [4.69, 9.17) is 21.3 Å². The van der Waals surface area contributed by atoms with Gasteiger partial charge >= 0.3 is 0 Å². The third-order valence-electron chi connectivity index (χ3n) is 4.94. The number of para-hydroxylation sites is 1. The van der Waals surface area contributed by atoms with Crippen molar-refractivity contribution in [2.24, 2.45) is 4.99 Å². The summed E-state index contributed by atoms with van der Waals surface area (Å²) in [5.74, 6) is 1.09. The van der Waals surface area contributed by atoms with E-state index in [0.717, 1.165) is 28.2 Å². The van der Waals surface area contributed by atoms with Crippen LogP contribution in [0, 0.1) is 0 Å². The smallest absolute Gasteiger partial charge is 0.126 e. The van der Waals surface area contributed by atoms with Gasteiger partial charge in [-0.1, -0.05) is 41.9 Å². The van der Waals surface area contributed by atoms with Gasteiger partial charge in [-0.25, -0.2) is 0 Å². The van der Waals surface area contributed by atoms with E-state index in [1.165, 1.54) is 0 Å². The molecule has 28 heavy (non-hydrogen) atoms. The highest BCUT2D eigenvalue weighted by Crippen LogP contribution is 2.34. The molecule has 4 nitrogen and oxygen atoms in total. The molecule has 3 aromatic carbocycles. The fourth-order valence-electron chi connectivity index (χ4n) is 3.49. The highest BCUT2D eigenvalue weighted by molar-refractivity contribution is 6.30. The van der Waals surface area contributed by atoms with E-state index >= 15 is 0 Å². The van der Waals surface area contributed by atoms with Crippen LogP contribution >= 0.6 is 11.6 Å². The number of methoxy groups -OCH3 is 1. The second kappa shape index (κ2) is 8.05. The Morgan fingerprint density at radius 3 is 2.54 bits per heavy atom. The van der Waals surface area contributed by atoms with E-state index in [9.17, 15) is 5.11 Å². The van der Waals surface area contributed by atoms with Crippen LogP contribution in [0.15, 0.2) is 77.8 Å². The first-order valence-corrected chi connectivity index (χ1v) is 9.52. The summed E-state index contributed by atoms with van der Waals surface area (Å²) in [6, 6.07) is 22.9. The lowest BCUT2D eigenvalue weighted by molar-refractivity contribution is 0.412. The summed E-state index contributed by atoms with van der Waals surface area (Å²) >= 11 is 6.20. The highest BCUT2D eigenvalue weighted by Gasteiger charge is 2.27. The van der Waals surface area contributed by atoms with Gasteiger partial charge in [0.1, 0.15) is 17.7 Å². The number of nitrogens with zero attached hydrogens (tertiary/aromatic N) is 1. The zero-order chi connectivity index (χ0) is 19.5. The lowest BCUT2D eigenvalue weighted by Gasteiger charge is -2.31. The van der Waals surface area contributed by atoms with E-state index in [1.54, 1.807) is 13.2 Å². The number of rotatable bonds is 4. The maximum atomic E-state index is 10.4. The molecule has 0 bridgehead atoms. The molecule has 2 atom stereocenters. The van der Waals surface area contributed by atoms with Crippen molar-refractivity contribution >= 4 is 17.3 Å². The molecule has 2 N–H and O–H groups in total. The number of phenolic OH excluding ortho intramolecular Hbond substituents is 1. The number of aromatic hydroxyl groups is 1. The average molecular weight is 393 g/mol. The second-order valence-electron chi connectivity index (χ2n) is 6.74. The van der Waals surface area contributed by atoms with Crippen LogP contribution in [-0.2, 0) is 0 Å². The quantitative estimate of drug-likeness (QED) is 0.635. The van der Waals surface area contributed by atoms with Crippen molar-refractivity contribution in [2.75, 3.05) is 7.11 Å². The molecule has 5 heteroatoms. The summed E-state index contributed by atoms with van der Waals surface area (Å²) < 4.78 is 5.27. The molecule has 0 amide bonds. The molecule has 0 radical (unpaired) electrons. The Kier molecular flexibility index (Phi) is 5.33. The fraction of sp³-hybridized carbons (Fsp3) is 0.174. The second-order valence-corrected chi connectivity index (χ2v) is 7.18. The molecular formula is C23H21ClN2O2. The number of phenols is 1. The predicted molar refractivity (Wildman–Crippen MR) is 112 cm³/mol. The van der Waals surface area contributed by atoms with Crippen LogP contribution in [-0.4, -0.2) is 17.9 Å². The Hall–Kier alpha value is -2.82. The minimum atomic E-state index is -0.255. The van der Waals surface area contributed by atoms with Gasteiger partial charge in [0.05, 0.1) is 7.11 Å². The number of halogens is 1. The molecule has 0 spiro atoms. The lowest BCUT2D eigenvalue weighted by atomic mass is 9.93. The summed E-state index contributed by atoms with van der Waals surface area (Å²) in [5.41, 5.74) is 3.85. The van der Waals surface area contributed by atoms with Crippen molar-refractivity contribution < 1.29 is 9.84 Å². The fourth-order valence-corrected chi connectivity index (χ4v) is 3.69. The van der Waals surface area contributed by atoms with Crippen molar-refractivity contribution in [3.8, 4) is 11.5 Å². The number of ether oxygens (including phenoxy) is 1. The summed E-state index contributed by atoms with van der Waals surface area (Å²) in [6.45, 7) is 0. The first kappa shape index (κ1) is 18.5. The van der Waals surface area contributed by atoms with Gasteiger partial charge in [0, 0.05) is 28.8 Å². The average Bonchev–Trinajstić information content (AvgIpc) is 2.74. The molecular weight excluding hydrogens is 372 g/mol. The van der Waals surface area contributed by atoms with Crippen LogP contribution < -0.4 is 10.1 Å². The molecule has 4 rings (SSSR count). The zero-order valence-electron chi connectivity index (χ0n) is 15.5. The van der Waals surface area contributed by atoms with Crippen LogP contribution in [0.2, 0.25) is 5.02 Å². The van der Waals surface area contributed by atoms with E-state index in [2.05, 4.69) is 5.32 Å². The Morgan fingerprint density at radius 2 is 1.82 bits per heavy atom. The maximum Gasteiger partial charge on any atom is 0.126 e. The molecule has 0 unspecified atom stereocenters. The molecule has 1 aliphatic rings. The summed E-state index contributed by atoms with van der Waals surface area (Å²) in [6.07, 6.45) is 0.412. The maximum absolute atomic E-state index is 10.4. The monoisotopic (exact) mass is 392 g/mol. The van der Waals surface area contributed by atoms with E-state index in [-0.39, 0.29) is 18.0 Å². The first-order valence-electron chi connectivity index (χ1n) is 9.14. The lowest BCUT2D eigenvalue weighted by Crippen LogP contribution is -2.33. The van der Waals surface area contributed by atoms with Gasteiger partial charge in [0.2, 0.25) is 0 Å². The molecule has 142 valence electrons. The molecule has 0 saturated heterocycles. The number of benzene rings is 3. The molecule has 1 heterocycles. The van der Waals surface area contributed by atoms with Gasteiger partial charge in [0.15, 0.2) is 0 Å². The number of aliphatic imine (C=N–C) groups is 1. The van der Waals surface area contributed by atoms with Crippen LogP contribution in [0.1, 0.15) is 35.3 Å². The Labute approximate surface area is 169 Å². The number of hydrogen-bond donors (Lipinski definition) is 2. The minimum absolute atomic E-state index is 0.0696. The highest BCUT2D eigenvalue weighted by atomic mass is 35.5. The van der Waals surface area contributed by atoms with Gasteiger partial charge in [0.25, 0.3) is 0 Å². The van der Waals surface area contributed by atoms with Crippen molar-refractivity contribution in [3.63, 3.8) is 0 Å². The third-order valence-corrected chi connectivity index (χ3v) is 5.18. The van der Waals surface area contributed by atoms with Crippen LogP contribution in [0.5, 0.6) is 11.5 Å². The van der Waals surface area contributed by atoms with Gasteiger partial charge in [-0.15, -0.1) is 0 Å². The van der Waals surface area contributed by atoms with Crippen LogP contribution in [0.3, 0.4) is 0 Å². The summed E-state index contributed by atoms with van der Waals surface area (Å²) in [7, 11) is 1.65. The Morgan fingerprint density at radius 1 is 1.04 bits per heavy atom. The molecule has 0 aromatic heterocycles. The van der Waals surface area contributed by atoms with Gasteiger partial charge in [-0.2, -0.15) is 0 Å². The standard InChI is InChI=1S/C23H21ClN2O2/c1-28-18-11-9-15(10-12-18)20-14-21(19-7-2-3-8-22(19)27)26-23(25-20)16-5-4-6-17(24)13-16/h2-13,21,23,26-27H,14H2,1H3/t21-,23-/m1/s1. The van der Waals surface area contributed by atoms with Crippen molar-refractivity contribution in [2.45, 2.75) is 18.6 Å². The molecule has 0 aliphatic carbocycles. The van der Waals surface area contributed by atoms with Gasteiger partial charge < -0.3 is 9.84 Å². The van der Waals surface area contributed by atoms with E-state index < -0.39 is 0 Å². The summed E-state index contributed by atoms with van der Waals surface area (Å²) in [4.78, 5) is 4.95. The van der Waals surface area contributed by atoms with Crippen LogP contribution in [0.25, 0.3) is 0 Å². The first-order chi connectivity index (χ1) is 13.6. The molecule has 0 fully saturated rings. The molecule has 1 aliphatic heterocycles. The molecule has 3 aromatic rings. The largest absolute Gasteiger partial charge is 0.508 e. The predicted octanol–water partition coefficient (Wildman–Crippen LogP) is 5.28. The van der Waals surface area contributed by atoms with Crippen LogP contribution in [0.4, 0.5) is 0 Å². The number of hydrogen-bond acceptors (Lipinski definition) is 4. The SMILES string of the molecule is COc1ccc(C2=N[C@@H](c3cccc(Cl)c3)N[C@@H](c3ccccc3O)C2)cc1. The van der Waals surface area contributed by atoms with Gasteiger partial charge in [-0.3, -0.25) is 10.3 Å². The number of nitrogens with one attached hydrogen (secondary N) is 1. The minimum Gasteiger partial charge on any atom is -0.508 e. The van der Waals surface area contributed by atoms with E-state index in [1.807, 2.05) is 66.7 Å². The normalized spacial score (nSPS) is 19.1. The third kappa shape index (κ3) is 3.88. The van der Waals surface area contributed by atoms with Crippen molar-refractivity contribution in [3.05, 3.63) is 94.5 Å². The Balaban J connectivity index is 1.74. The van der Waals surface area contributed by atoms with E-state index in [0.29, 0.717) is 11.4 Å². The van der Waals surface area contributed by atoms with Gasteiger partial charge in [-0.05, 0) is 53.6 Å². The zero-order valence-corrected chi connectivity index (χ0v) is 16.2. The topological polar surface area (TPSA) is 53.8 Å². The molecule has 0 saturated carbocycles. The summed E-state index contributed by atoms with van der Waals surface area (Å²) in [5, 5.41) is 14.6. The van der Waals surface area contributed by atoms with Crippen molar-refractivity contribution in [1.82, 2.24) is 5.32 Å². The Bertz CT molecular complexity index is 1000. The van der Waals surface area contributed by atoms with Crippen molar-refractivity contribution in [1.29, 1.82) is 0 Å².